The largest absolute Gasteiger partial charge is 0.493 e. The van der Waals surface area contributed by atoms with Crippen molar-refractivity contribution >= 4 is 11.3 Å². The molecule has 3 nitrogen and oxygen atoms in total. The number of hydrogen-bond acceptors (Lipinski definition) is 4. The molecule has 0 amide bonds. The number of benzene rings is 1. The van der Waals surface area contributed by atoms with Crippen molar-refractivity contribution in [3.8, 4) is 11.5 Å². The zero-order valence-corrected chi connectivity index (χ0v) is 12.6. The number of thiazole rings is 1. The maximum Gasteiger partial charge on any atom is 0.161 e. The van der Waals surface area contributed by atoms with E-state index in [1.807, 2.05) is 24.3 Å². The first-order chi connectivity index (χ1) is 9.00. The molecule has 0 bridgehead atoms. The van der Waals surface area contributed by atoms with E-state index in [-0.39, 0.29) is 5.41 Å². The smallest absolute Gasteiger partial charge is 0.161 e. The summed E-state index contributed by atoms with van der Waals surface area (Å²) in [6.45, 7) is 6.96. The van der Waals surface area contributed by atoms with Crippen molar-refractivity contribution in [3.05, 3.63) is 40.3 Å². The van der Waals surface area contributed by atoms with Gasteiger partial charge in [-0.2, -0.15) is 0 Å². The van der Waals surface area contributed by atoms with Crippen LogP contribution in [-0.4, -0.2) is 12.1 Å². The van der Waals surface area contributed by atoms with Crippen LogP contribution in [-0.2, 0) is 12.0 Å². The molecular formula is C15H19NO2S. The van der Waals surface area contributed by atoms with Gasteiger partial charge in [-0.05, 0) is 12.1 Å². The van der Waals surface area contributed by atoms with Gasteiger partial charge >= 0.3 is 0 Å². The van der Waals surface area contributed by atoms with Crippen LogP contribution in [0.2, 0.25) is 0 Å². The van der Waals surface area contributed by atoms with E-state index in [0.717, 1.165) is 22.2 Å². The number of nitrogens with zero attached hydrogens (tertiary/aromatic N) is 1. The fourth-order valence-electron chi connectivity index (χ4n) is 1.61. The average Bonchev–Trinajstić information content (AvgIpc) is 2.85. The molecule has 0 spiro atoms. The monoisotopic (exact) mass is 277 g/mol. The Kier molecular flexibility index (Phi) is 4.10. The van der Waals surface area contributed by atoms with E-state index >= 15 is 0 Å². The van der Waals surface area contributed by atoms with Crippen LogP contribution in [0.4, 0.5) is 0 Å². The number of para-hydroxylation sites is 2. The highest BCUT2D eigenvalue weighted by molar-refractivity contribution is 7.09. The van der Waals surface area contributed by atoms with Crippen molar-refractivity contribution in [3.63, 3.8) is 0 Å². The lowest BCUT2D eigenvalue weighted by molar-refractivity contribution is 0.281. The minimum atomic E-state index is 0.0906. The van der Waals surface area contributed by atoms with Gasteiger partial charge < -0.3 is 9.47 Å². The van der Waals surface area contributed by atoms with E-state index in [4.69, 9.17) is 9.47 Å². The Morgan fingerprint density at radius 3 is 2.42 bits per heavy atom. The minimum absolute atomic E-state index is 0.0906. The Labute approximate surface area is 118 Å². The zero-order chi connectivity index (χ0) is 13.9. The first-order valence-corrected chi connectivity index (χ1v) is 7.09. The first kappa shape index (κ1) is 13.9. The third kappa shape index (κ3) is 3.47. The normalized spacial score (nSPS) is 11.4. The van der Waals surface area contributed by atoms with Gasteiger partial charge in [0.15, 0.2) is 11.5 Å². The SMILES string of the molecule is COc1ccccc1OCc1csc(C(C)(C)C)n1. The predicted molar refractivity (Wildman–Crippen MR) is 78.1 cm³/mol. The van der Waals surface area contributed by atoms with Crippen molar-refractivity contribution in [2.75, 3.05) is 7.11 Å². The molecule has 0 aliphatic heterocycles. The Balaban J connectivity index is 2.05. The van der Waals surface area contributed by atoms with Crippen LogP contribution in [0.5, 0.6) is 11.5 Å². The Morgan fingerprint density at radius 1 is 1.16 bits per heavy atom. The molecular weight excluding hydrogens is 258 g/mol. The summed E-state index contributed by atoms with van der Waals surface area (Å²) in [5.41, 5.74) is 1.05. The van der Waals surface area contributed by atoms with Crippen LogP contribution >= 0.6 is 11.3 Å². The standard InChI is InChI=1S/C15H19NO2S/c1-15(2,3)14-16-11(10-19-14)9-18-13-8-6-5-7-12(13)17-4/h5-8,10H,9H2,1-4H3. The molecule has 2 rings (SSSR count). The molecule has 0 atom stereocenters. The van der Waals surface area contributed by atoms with Crippen LogP contribution in [0.15, 0.2) is 29.6 Å². The van der Waals surface area contributed by atoms with Gasteiger partial charge in [0.25, 0.3) is 0 Å². The highest BCUT2D eigenvalue weighted by Crippen LogP contribution is 2.28. The molecule has 2 aromatic rings. The van der Waals surface area contributed by atoms with Gasteiger partial charge in [0.05, 0.1) is 17.8 Å². The van der Waals surface area contributed by atoms with Crippen LogP contribution in [0.3, 0.4) is 0 Å². The summed E-state index contributed by atoms with van der Waals surface area (Å²) >= 11 is 1.68. The fraction of sp³-hybridized carbons (Fsp3) is 0.400. The first-order valence-electron chi connectivity index (χ1n) is 6.21. The number of hydrogen-bond donors (Lipinski definition) is 0. The third-order valence-corrected chi connectivity index (χ3v) is 3.95. The summed E-state index contributed by atoms with van der Waals surface area (Å²) in [6.07, 6.45) is 0. The van der Waals surface area contributed by atoms with E-state index in [1.54, 1.807) is 18.4 Å². The van der Waals surface area contributed by atoms with Gasteiger partial charge in [-0.15, -0.1) is 11.3 Å². The average molecular weight is 277 g/mol. The molecule has 0 aliphatic rings. The molecule has 1 heterocycles. The molecule has 4 heteroatoms. The molecule has 0 saturated heterocycles. The molecule has 0 saturated carbocycles. The van der Waals surface area contributed by atoms with E-state index in [2.05, 4.69) is 31.1 Å². The highest BCUT2D eigenvalue weighted by Gasteiger charge is 2.18. The lowest BCUT2D eigenvalue weighted by Gasteiger charge is -2.13. The number of methoxy groups -OCH3 is 1. The molecule has 1 aromatic carbocycles. The summed E-state index contributed by atoms with van der Waals surface area (Å²) in [5.74, 6) is 1.49. The number of rotatable bonds is 4. The molecule has 0 N–H and O–H groups in total. The number of aromatic nitrogens is 1. The summed E-state index contributed by atoms with van der Waals surface area (Å²) in [7, 11) is 1.64. The van der Waals surface area contributed by atoms with Crippen molar-refractivity contribution in [2.45, 2.75) is 32.8 Å². The molecule has 0 radical (unpaired) electrons. The van der Waals surface area contributed by atoms with Crippen LogP contribution in [0.1, 0.15) is 31.5 Å². The molecule has 0 aliphatic carbocycles. The van der Waals surface area contributed by atoms with Gasteiger partial charge in [0, 0.05) is 10.8 Å². The third-order valence-electron chi connectivity index (χ3n) is 2.64. The van der Waals surface area contributed by atoms with E-state index in [0.29, 0.717) is 6.61 Å². The van der Waals surface area contributed by atoms with E-state index < -0.39 is 0 Å². The molecule has 0 unspecified atom stereocenters. The maximum absolute atomic E-state index is 5.76. The Bertz CT molecular complexity index is 543. The molecule has 0 fully saturated rings. The van der Waals surface area contributed by atoms with Crippen molar-refractivity contribution in [2.24, 2.45) is 0 Å². The summed E-state index contributed by atoms with van der Waals surface area (Å²) < 4.78 is 11.0. The summed E-state index contributed by atoms with van der Waals surface area (Å²) in [5, 5.41) is 3.18. The van der Waals surface area contributed by atoms with Crippen LogP contribution in [0.25, 0.3) is 0 Å². The van der Waals surface area contributed by atoms with Gasteiger partial charge in [-0.25, -0.2) is 4.98 Å². The second kappa shape index (κ2) is 5.61. The predicted octanol–water partition coefficient (Wildman–Crippen LogP) is 4.03. The summed E-state index contributed by atoms with van der Waals surface area (Å²) in [4.78, 5) is 4.60. The topological polar surface area (TPSA) is 31.4 Å². The van der Waals surface area contributed by atoms with Crippen molar-refractivity contribution in [1.82, 2.24) is 4.98 Å². The Hall–Kier alpha value is -1.55. The molecule has 1 aromatic heterocycles. The molecule has 102 valence electrons. The van der Waals surface area contributed by atoms with Gasteiger partial charge in [0.2, 0.25) is 0 Å². The van der Waals surface area contributed by atoms with Crippen molar-refractivity contribution in [1.29, 1.82) is 0 Å². The fourth-order valence-corrected chi connectivity index (χ4v) is 2.50. The van der Waals surface area contributed by atoms with Crippen LogP contribution in [0, 0.1) is 0 Å². The van der Waals surface area contributed by atoms with Gasteiger partial charge in [-0.1, -0.05) is 32.9 Å². The quantitative estimate of drug-likeness (QED) is 0.845. The second-order valence-corrected chi connectivity index (χ2v) is 6.19. The van der Waals surface area contributed by atoms with Crippen LogP contribution < -0.4 is 9.47 Å². The minimum Gasteiger partial charge on any atom is -0.493 e. The highest BCUT2D eigenvalue weighted by atomic mass is 32.1. The Morgan fingerprint density at radius 2 is 1.84 bits per heavy atom. The summed E-state index contributed by atoms with van der Waals surface area (Å²) in [6, 6.07) is 7.64. The van der Waals surface area contributed by atoms with Gasteiger partial charge in [-0.3, -0.25) is 0 Å². The zero-order valence-electron chi connectivity index (χ0n) is 11.8. The van der Waals surface area contributed by atoms with Gasteiger partial charge in [0.1, 0.15) is 6.61 Å². The van der Waals surface area contributed by atoms with E-state index in [1.165, 1.54) is 0 Å². The second-order valence-electron chi connectivity index (χ2n) is 5.33. The lowest BCUT2D eigenvalue weighted by Crippen LogP contribution is -2.10. The van der Waals surface area contributed by atoms with E-state index in [9.17, 15) is 0 Å². The maximum atomic E-state index is 5.76. The lowest BCUT2D eigenvalue weighted by atomic mass is 9.98. The van der Waals surface area contributed by atoms with Crippen molar-refractivity contribution < 1.29 is 9.47 Å². The number of ether oxygens (including phenoxy) is 2. The molecule has 19 heavy (non-hydrogen) atoms.